The molecule has 1 N–H and O–H groups in total. The normalized spacial score (nSPS) is 11.8. The lowest BCUT2D eigenvalue weighted by Crippen LogP contribution is -2.25. The van der Waals surface area contributed by atoms with Crippen LogP contribution in [0.3, 0.4) is 0 Å². The highest BCUT2D eigenvalue weighted by Gasteiger charge is 2.14. The summed E-state index contributed by atoms with van der Waals surface area (Å²) in [4.78, 5) is 6.67. The van der Waals surface area contributed by atoms with E-state index in [1.807, 2.05) is 18.2 Å². The fourth-order valence-corrected chi connectivity index (χ4v) is 4.79. The zero-order valence-electron chi connectivity index (χ0n) is 15.1. The van der Waals surface area contributed by atoms with Crippen LogP contribution in [-0.4, -0.2) is 19.9 Å². The third-order valence-corrected chi connectivity index (χ3v) is 6.88. The van der Waals surface area contributed by atoms with Gasteiger partial charge in [-0.05, 0) is 36.8 Å². The van der Waals surface area contributed by atoms with Crippen LogP contribution in [0.5, 0.6) is 0 Å². The summed E-state index contributed by atoms with van der Waals surface area (Å²) in [7, 11) is -3.56. The molecule has 144 valence electrons. The molecule has 0 radical (unpaired) electrons. The second-order valence-corrected chi connectivity index (χ2v) is 9.14. The van der Waals surface area contributed by atoms with Gasteiger partial charge in [0.1, 0.15) is 12.0 Å². The Morgan fingerprint density at radius 1 is 1.04 bits per heavy atom. The Morgan fingerprint density at radius 3 is 2.54 bits per heavy atom. The first-order valence-electron chi connectivity index (χ1n) is 8.65. The zero-order valence-corrected chi connectivity index (χ0v) is 16.7. The minimum absolute atomic E-state index is 0.224. The first-order chi connectivity index (χ1) is 13.5. The number of sulfonamides is 1. The van der Waals surface area contributed by atoms with Crippen molar-refractivity contribution in [1.82, 2.24) is 9.71 Å². The lowest BCUT2D eigenvalue weighted by molar-refractivity contribution is 0.521. The van der Waals surface area contributed by atoms with Gasteiger partial charge in [0.15, 0.2) is 5.89 Å². The minimum atomic E-state index is -3.56. The maximum atomic E-state index is 12.5. The van der Waals surface area contributed by atoms with E-state index in [1.54, 1.807) is 61.3 Å². The molecule has 0 fully saturated rings. The van der Waals surface area contributed by atoms with Gasteiger partial charge in [0, 0.05) is 34.3 Å². The molecule has 0 aliphatic rings. The number of furan rings is 1. The van der Waals surface area contributed by atoms with E-state index < -0.39 is 10.0 Å². The molecule has 0 saturated heterocycles. The van der Waals surface area contributed by atoms with E-state index in [2.05, 4.69) is 9.71 Å². The van der Waals surface area contributed by atoms with Gasteiger partial charge in [-0.3, -0.25) is 0 Å². The van der Waals surface area contributed by atoms with Gasteiger partial charge in [-0.1, -0.05) is 12.1 Å². The number of aromatic nitrogens is 1. The fraction of sp³-hybridized carbons (Fsp3) is 0.150. The first kappa shape index (κ1) is 18.7. The molecule has 0 atom stereocenters. The Kier molecular flexibility index (Phi) is 5.17. The van der Waals surface area contributed by atoms with E-state index >= 15 is 0 Å². The van der Waals surface area contributed by atoms with Crippen molar-refractivity contribution in [1.29, 1.82) is 0 Å². The average molecular weight is 415 g/mol. The molecule has 0 spiro atoms. The Hall–Kier alpha value is -2.68. The summed E-state index contributed by atoms with van der Waals surface area (Å²) in [6.07, 6.45) is 5.51. The molecular weight excluding hydrogens is 396 g/mol. The van der Waals surface area contributed by atoms with Gasteiger partial charge >= 0.3 is 0 Å². The van der Waals surface area contributed by atoms with Crippen LogP contribution in [0.15, 0.2) is 75.0 Å². The molecule has 0 aliphatic carbocycles. The van der Waals surface area contributed by atoms with Crippen LogP contribution in [-0.2, 0) is 16.4 Å². The maximum absolute atomic E-state index is 12.5. The number of benzene rings is 1. The molecule has 8 heteroatoms. The quantitative estimate of drug-likeness (QED) is 0.481. The maximum Gasteiger partial charge on any atom is 0.240 e. The Morgan fingerprint density at radius 2 is 1.86 bits per heavy atom. The van der Waals surface area contributed by atoms with Crippen LogP contribution in [0.2, 0.25) is 0 Å². The van der Waals surface area contributed by atoms with E-state index in [-0.39, 0.29) is 4.90 Å². The number of hydrogen-bond acceptors (Lipinski definition) is 6. The molecule has 4 rings (SSSR count). The monoisotopic (exact) mass is 414 g/mol. The van der Waals surface area contributed by atoms with Crippen molar-refractivity contribution in [3.8, 4) is 21.7 Å². The van der Waals surface area contributed by atoms with E-state index in [0.717, 1.165) is 20.9 Å². The largest absolute Gasteiger partial charge is 0.472 e. The fourth-order valence-electron chi connectivity index (χ4n) is 2.76. The highest BCUT2D eigenvalue weighted by molar-refractivity contribution is 7.89. The number of hydrogen-bond donors (Lipinski definition) is 1. The molecular formula is C20H18N2O4S2. The van der Waals surface area contributed by atoms with E-state index in [1.165, 1.54) is 0 Å². The Labute approximate surface area is 166 Å². The van der Waals surface area contributed by atoms with Gasteiger partial charge in [-0.2, -0.15) is 0 Å². The van der Waals surface area contributed by atoms with Gasteiger partial charge in [0.2, 0.25) is 10.0 Å². The summed E-state index contributed by atoms with van der Waals surface area (Å²) in [5.41, 5.74) is 2.51. The summed E-state index contributed by atoms with van der Waals surface area (Å²) in [5, 5.41) is 0. The summed E-state index contributed by atoms with van der Waals surface area (Å²) in [5.74, 6) is 0.567. The van der Waals surface area contributed by atoms with Gasteiger partial charge < -0.3 is 8.83 Å². The van der Waals surface area contributed by atoms with Crippen molar-refractivity contribution in [2.45, 2.75) is 18.2 Å². The molecule has 3 heterocycles. The zero-order chi connectivity index (χ0) is 19.6. The number of rotatable bonds is 7. The van der Waals surface area contributed by atoms with Gasteiger partial charge in [0.05, 0.1) is 17.4 Å². The van der Waals surface area contributed by atoms with E-state index in [9.17, 15) is 8.42 Å². The number of aryl methyl sites for hydroxylation is 1. The van der Waals surface area contributed by atoms with Gasteiger partial charge in [0.25, 0.3) is 0 Å². The van der Waals surface area contributed by atoms with E-state index in [0.29, 0.717) is 24.6 Å². The van der Waals surface area contributed by atoms with Crippen LogP contribution in [0.25, 0.3) is 21.7 Å². The first-order valence-corrected chi connectivity index (χ1v) is 10.9. The number of nitrogens with one attached hydrogen (secondary N) is 1. The smallest absolute Gasteiger partial charge is 0.240 e. The molecule has 4 aromatic rings. The number of nitrogens with zero attached hydrogens (tertiary/aromatic N) is 1. The minimum Gasteiger partial charge on any atom is -0.472 e. The van der Waals surface area contributed by atoms with Crippen molar-refractivity contribution in [3.05, 3.63) is 72.0 Å². The topological polar surface area (TPSA) is 85.3 Å². The third-order valence-electron chi connectivity index (χ3n) is 4.21. The molecule has 28 heavy (non-hydrogen) atoms. The van der Waals surface area contributed by atoms with Crippen molar-refractivity contribution in [3.63, 3.8) is 0 Å². The van der Waals surface area contributed by atoms with Crippen LogP contribution in [0.1, 0.15) is 10.8 Å². The Bertz CT molecular complexity index is 1160. The van der Waals surface area contributed by atoms with Crippen molar-refractivity contribution >= 4 is 21.4 Å². The van der Waals surface area contributed by atoms with Crippen LogP contribution in [0.4, 0.5) is 0 Å². The molecule has 3 aromatic heterocycles. The van der Waals surface area contributed by atoms with Crippen LogP contribution in [0, 0.1) is 6.92 Å². The van der Waals surface area contributed by atoms with Gasteiger partial charge in [-0.15, -0.1) is 11.3 Å². The molecule has 6 nitrogen and oxygen atoms in total. The van der Waals surface area contributed by atoms with Crippen molar-refractivity contribution in [2.24, 2.45) is 0 Å². The van der Waals surface area contributed by atoms with Gasteiger partial charge in [-0.25, -0.2) is 18.1 Å². The molecule has 0 aliphatic heterocycles. The Balaban J connectivity index is 1.37. The number of thiophene rings is 1. The predicted molar refractivity (Wildman–Crippen MR) is 108 cm³/mol. The summed E-state index contributed by atoms with van der Waals surface area (Å²) in [6, 6.07) is 12.5. The summed E-state index contributed by atoms with van der Waals surface area (Å²) >= 11 is 1.63. The second-order valence-electron chi connectivity index (χ2n) is 6.20. The van der Waals surface area contributed by atoms with Crippen molar-refractivity contribution in [2.75, 3.05) is 6.54 Å². The standard InChI is InChI=1S/C20H18N2O4S2/c1-14-22-19(13-26-14)15-2-5-18(6-3-15)28(23,24)21-10-8-17-4-7-20(27-17)16-9-11-25-12-16/h2-7,9,11-13,21H,8,10H2,1H3. The average Bonchev–Trinajstić information content (AvgIpc) is 3.43. The molecule has 0 unspecified atom stereocenters. The number of oxazole rings is 1. The van der Waals surface area contributed by atoms with Crippen LogP contribution >= 0.6 is 11.3 Å². The highest BCUT2D eigenvalue weighted by Crippen LogP contribution is 2.28. The molecule has 0 bridgehead atoms. The predicted octanol–water partition coefficient (Wildman–Crippen LogP) is 4.49. The SMILES string of the molecule is Cc1nc(-c2ccc(S(=O)(=O)NCCc3ccc(-c4ccoc4)s3)cc2)co1. The summed E-state index contributed by atoms with van der Waals surface area (Å²) in [6.45, 7) is 2.09. The molecule has 1 aromatic carbocycles. The van der Waals surface area contributed by atoms with Crippen molar-refractivity contribution < 1.29 is 17.3 Å². The van der Waals surface area contributed by atoms with E-state index in [4.69, 9.17) is 8.83 Å². The lowest BCUT2D eigenvalue weighted by atomic mass is 10.2. The molecule has 0 amide bonds. The lowest BCUT2D eigenvalue weighted by Gasteiger charge is -2.06. The highest BCUT2D eigenvalue weighted by atomic mass is 32.2. The molecule has 0 saturated carbocycles. The third kappa shape index (κ3) is 4.09. The van der Waals surface area contributed by atoms with Crippen LogP contribution < -0.4 is 4.72 Å². The second kappa shape index (κ2) is 7.75. The summed E-state index contributed by atoms with van der Waals surface area (Å²) < 4.78 is 38.0.